The first-order valence-corrected chi connectivity index (χ1v) is 13.3. The van der Waals surface area contributed by atoms with E-state index in [0.717, 1.165) is 48.5 Å². The summed E-state index contributed by atoms with van der Waals surface area (Å²) in [6.45, 7) is 6.11. The fraction of sp³-hybridized carbons (Fsp3) is 0.731. The molecule has 0 bridgehead atoms. The monoisotopic (exact) mass is 636 g/mol. The maximum Gasteiger partial charge on any atom is 0.303 e. The molecule has 0 saturated carbocycles. The maximum absolute atomic E-state index is 12.2. The molecule has 0 aromatic carbocycles. The number of hydrogen-bond donors (Lipinski definition) is 1. The van der Waals surface area contributed by atoms with Crippen molar-refractivity contribution >= 4 is 41.8 Å². The molecule has 18 nitrogen and oxygen atoms in total. The molecule has 0 amide bonds. The molecule has 1 N–H and O–H groups in total. The number of aliphatic hydroxyl groups excluding tert-OH is 1. The third-order valence-corrected chi connectivity index (χ3v) is 5.90. The smallest absolute Gasteiger partial charge is 0.303 e. The Balaban J connectivity index is 2.66. The van der Waals surface area contributed by atoms with Gasteiger partial charge in [-0.25, -0.2) is 0 Å². The number of aliphatic hydroxyl groups is 1. The van der Waals surface area contributed by atoms with Crippen molar-refractivity contribution in [3.05, 3.63) is 0 Å². The quantitative estimate of drug-likeness (QED) is 0.203. The maximum atomic E-state index is 12.2. The Labute approximate surface area is 251 Å². The van der Waals surface area contributed by atoms with Gasteiger partial charge < -0.3 is 52.5 Å². The lowest BCUT2D eigenvalue weighted by atomic mass is 9.96. The highest BCUT2D eigenvalue weighted by molar-refractivity contribution is 5.69. The van der Waals surface area contributed by atoms with E-state index in [0.29, 0.717) is 0 Å². The number of rotatable bonds is 11. The summed E-state index contributed by atoms with van der Waals surface area (Å²) >= 11 is 0. The predicted octanol–water partition coefficient (Wildman–Crippen LogP) is -1.40. The van der Waals surface area contributed by atoms with E-state index in [1.165, 1.54) is 0 Å². The van der Waals surface area contributed by atoms with Crippen molar-refractivity contribution in [2.45, 2.75) is 110 Å². The van der Waals surface area contributed by atoms with Gasteiger partial charge in [-0.2, -0.15) is 0 Å². The molecule has 10 atom stereocenters. The largest absolute Gasteiger partial charge is 0.463 e. The minimum Gasteiger partial charge on any atom is -0.463 e. The molecule has 0 aliphatic carbocycles. The Hall–Kier alpha value is -3.87. The van der Waals surface area contributed by atoms with E-state index in [4.69, 9.17) is 47.4 Å². The van der Waals surface area contributed by atoms with Crippen LogP contribution in [-0.2, 0) is 80.9 Å². The predicted molar refractivity (Wildman–Crippen MR) is 135 cm³/mol. The van der Waals surface area contributed by atoms with E-state index in [2.05, 4.69) is 0 Å². The molecule has 248 valence electrons. The molecule has 2 fully saturated rings. The summed E-state index contributed by atoms with van der Waals surface area (Å²) < 4.78 is 54.1. The molecule has 44 heavy (non-hydrogen) atoms. The van der Waals surface area contributed by atoms with Crippen LogP contribution in [0, 0.1) is 0 Å². The van der Waals surface area contributed by atoms with E-state index in [1.54, 1.807) is 0 Å². The first kappa shape index (κ1) is 36.3. The highest BCUT2D eigenvalue weighted by Gasteiger charge is 2.57. The lowest BCUT2D eigenvalue weighted by Gasteiger charge is -2.48. The van der Waals surface area contributed by atoms with Gasteiger partial charge in [-0.1, -0.05) is 0 Å². The van der Waals surface area contributed by atoms with Crippen molar-refractivity contribution in [3.8, 4) is 0 Å². The summed E-state index contributed by atoms with van der Waals surface area (Å²) in [5.41, 5.74) is 0. The summed E-state index contributed by atoms with van der Waals surface area (Å²) in [4.78, 5) is 83.5. The minimum absolute atomic E-state index is 0.572. The van der Waals surface area contributed by atoms with Gasteiger partial charge in [0.2, 0.25) is 0 Å². The summed E-state index contributed by atoms with van der Waals surface area (Å²) in [5, 5.41) is 10.6. The molecule has 18 heteroatoms. The van der Waals surface area contributed by atoms with Crippen LogP contribution in [0.1, 0.15) is 48.5 Å². The van der Waals surface area contributed by atoms with Crippen molar-refractivity contribution in [1.29, 1.82) is 0 Å². The van der Waals surface area contributed by atoms with Gasteiger partial charge >= 0.3 is 41.8 Å². The van der Waals surface area contributed by atoms with E-state index in [-0.39, 0.29) is 0 Å². The first-order chi connectivity index (χ1) is 20.5. The molecule has 2 heterocycles. The molecule has 0 spiro atoms. The van der Waals surface area contributed by atoms with E-state index in [1.807, 2.05) is 0 Å². The topological polar surface area (TPSA) is 232 Å². The van der Waals surface area contributed by atoms with Crippen molar-refractivity contribution < 1.29 is 86.0 Å². The van der Waals surface area contributed by atoms with Crippen LogP contribution in [0.2, 0.25) is 0 Å². The molecule has 2 rings (SSSR count). The van der Waals surface area contributed by atoms with E-state index >= 15 is 0 Å². The van der Waals surface area contributed by atoms with Crippen molar-refractivity contribution in [2.75, 3.05) is 13.2 Å². The van der Waals surface area contributed by atoms with Gasteiger partial charge in [0.15, 0.2) is 43.1 Å². The average Bonchev–Trinajstić information content (AvgIpc) is 2.87. The molecular formula is C26H36O18. The second kappa shape index (κ2) is 16.3. The number of hydrogen-bond acceptors (Lipinski definition) is 18. The molecule has 0 aromatic rings. The molecule has 0 aromatic heterocycles. The Morgan fingerprint density at radius 2 is 0.841 bits per heavy atom. The first-order valence-electron chi connectivity index (χ1n) is 13.3. The van der Waals surface area contributed by atoms with Gasteiger partial charge in [0.05, 0.1) is 0 Å². The van der Waals surface area contributed by atoms with E-state index in [9.17, 15) is 38.7 Å². The van der Waals surface area contributed by atoms with Crippen molar-refractivity contribution in [1.82, 2.24) is 0 Å². The van der Waals surface area contributed by atoms with Crippen LogP contribution >= 0.6 is 0 Å². The molecule has 0 radical (unpaired) electrons. The fourth-order valence-corrected chi connectivity index (χ4v) is 4.49. The van der Waals surface area contributed by atoms with Crippen LogP contribution in [0.5, 0.6) is 0 Å². The number of ether oxygens (including phenoxy) is 10. The van der Waals surface area contributed by atoms with E-state index < -0.39 is 116 Å². The number of carbonyl (C=O) groups is 7. The zero-order valence-corrected chi connectivity index (χ0v) is 25.1. The lowest BCUT2D eigenvalue weighted by Crippen LogP contribution is -2.67. The summed E-state index contributed by atoms with van der Waals surface area (Å²) in [6.07, 6.45) is -16.3. The molecular weight excluding hydrogens is 600 g/mol. The minimum atomic E-state index is -1.90. The Morgan fingerprint density at radius 3 is 1.27 bits per heavy atom. The van der Waals surface area contributed by atoms with Crippen LogP contribution in [0.15, 0.2) is 0 Å². The van der Waals surface area contributed by atoms with Crippen LogP contribution < -0.4 is 0 Å². The molecule has 4 unspecified atom stereocenters. The SMILES string of the molecule is CC(=O)OCC1O[C@@H](O[C@H]2C(OC(C)=O)C(OC(C)=O)[C@H](O)O[C@H]2COC(C)=O)C(OC(C)=O)[C@@H](OC(C)=O)[C@H]1OC(C)=O. The molecule has 2 aliphatic heterocycles. The number of esters is 7. The molecule has 2 aliphatic rings. The summed E-state index contributed by atoms with van der Waals surface area (Å²) in [5.74, 6) is -6.03. The second-order valence-corrected chi connectivity index (χ2v) is 9.68. The zero-order chi connectivity index (χ0) is 33.3. The van der Waals surface area contributed by atoms with Crippen LogP contribution in [0.25, 0.3) is 0 Å². The highest BCUT2D eigenvalue weighted by atomic mass is 16.8. The van der Waals surface area contributed by atoms with Crippen molar-refractivity contribution in [3.63, 3.8) is 0 Å². The fourth-order valence-electron chi connectivity index (χ4n) is 4.49. The van der Waals surface area contributed by atoms with Gasteiger partial charge in [-0.15, -0.1) is 0 Å². The van der Waals surface area contributed by atoms with Gasteiger partial charge in [0.1, 0.15) is 31.5 Å². The van der Waals surface area contributed by atoms with Gasteiger partial charge in [-0.05, 0) is 0 Å². The highest BCUT2D eigenvalue weighted by Crippen LogP contribution is 2.34. The summed E-state index contributed by atoms with van der Waals surface area (Å²) in [7, 11) is 0. The Kier molecular flexibility index (Phi) is 13.4. The summed E-state index contributed by atoms with van der Waals surface area (Å²) in [6, 6.07) is 0. The van der Waals surface area contributed by atoms with Gasteiger partial charge in [0.25, 0.3) is 0 Å². The van der Waals surface area contributed by atoms with Crippen molar-refractivity contribution in [2.24, 2.45) is 0 Å². The third kappa shape index (κ3) is 10.7. The van der Waals surface area contributed by atoms with Gasteiger partial charge in [0, 0.05) is 48.5 Å². The van der Waals surface area contributed by atoms with Crippen LogP contribution in [-0.4, -0.2) is 122 Å². The average molecular weight is 637 g/mol. The third-order valence-electron chi connectivity index (χ3n) is 5.90. The Morgan fingerprint density at radius 1 is 0.477 bits per heavy atom. The van der Waals surface area contributed by atoms with Gasteiger partial charge in [-0.3, -0.25) is 33.6 Å². The Bertz CT molecular complexity index is 1090. The second-order valence-electron chi connectivity index (χ2n) is 9.68. The standard InChI is InChI=1S/C26H36O18/c1-10(27)35-8-17-20(21(38-13(4)30)23(25(34)42-17)40-15(6)32)44-26-24(41-16(7)33)22(39-14(5)31)19(37-12(3)29)18(43-26)9-36-11(2)28/h17-26,34H,8-9H2,1-7H3/t17-,18?,19-,20+,21?,22-,23?,24?,25+,26-/m0/s1. The number of carbonyl (C=O) groups excluding carboxylic acids is 7. The normalized spacial score (nSPS) is 31.5. The van der Waals surface area contributed by atoms with Crippen LogP contribution in [0.3, 0.4) is 0 Å². The lowest BCUT2D eigenvalue weighted by molar-refractivity contribution is -0.357. The van der Waals surface area contributed by atoms with Crippen LogP contribution in [0.4, 0.5) is 0 Å². The molecule has 2 saturated heterocycles. The zero-order valence-electron chi connectivity index (χ0n) is 25.1.